The number of para-hydroxylation sites is 1. The van der Waals surface area contributed by atoms with Gasteiger partial charge in [-0.05, 0) is 52.4 Å². The van der Waals surface area contributed by atoms with Gasteiger partial charge < -0.3 is 14.8 Å². The zero-order valence-corrected chi connectivity index (χ0v) is 13.9. The highest BCUT2D eigenvalue weighted by Crippen LogP contribution is 2.35. The van der Waals surface area contributed by atoms with Crippen LogP contribution in [-0.4, -0.2) is 34.4 Å². The standard InChI is InChI=1S/C18H17N5O2/c1-24-13-9-7-12(8-10-13)15-11-16(23-18(19-15)20-21-22-23)14-5-3-4-6-17(14)25-2/h3-11,16H,1-2H3,(H,19,20,22)/t16-/m1/s1. The van der Waals surface area contributed by atoms with Crippen molar-refractivity contribution in [1.82, 2.24) is 20.2 Å². The molecule has 1 aliphatic rings. The minimum absolute atomic E-state index is 0.167. The van der Waals surface area contributed by atoms with Crippen LogP contribution in [0.25, 0.3) is 5.70 Å². The van der Waals surface area contributed by atoms with E-state index in [9.17, 15) is 0 Å². The first-order valence-corrected chi connectivity index (χ1v) is 7.84. The summed E-state index contributed by atoms with van der Waals surface area (Å²) in [4.78, 5) is 0. The van der Waals surface area contributed by atoms with Crippen LogP contribution in [0.5, 0.6) is 11.5 Å². The molecule has 7 heteroatoms. The Balaban J connectivity index is 1.80. The summed E-state index contributed by atoms with van der Waals surface area (Å²) < 4.78 is 12.5. The number of methoxy groups -OCH3 is 2. The van der Waals surface area contributed by atoms with Crippen molar-refractivity contribution in [2.24, 2.45) is 0 Å². The van der Waals surface area contributed by atoms with E-state index >= 15 is 0 Å². The topological polar surface area (TPSA) is 74.1 Å². The lowest BCUT2D eigenvalue weighted by Crippen LogP contribution is -2.20. The maximum Gasteiger partial charge on any atom is 0.248 e. The number of hydrogen-bond donors (Lipinski definition) is 1. The lowest BCUT2D eigenvalue weighted by atomic mass is 10.0. The van der Waals surface area contributed by atoms with E-state index in [4.69, 9.17) is 9.47 Å². The van der Waals surface area contributed by atoms with Gasteiger partial charge in [0, 0.05) is 11.3 Å². The maximum atomic E-state index is 5.51. The summed E-state index contributed by atoms with van der Waals surface area (Å²) in [6, 6.07) is 15.5. The molecule has 0 amide bonds. The molecule has 25 heavy (non-hydrogen) atoms. The quantitative estimate of drug-likeness (QED) is 0.790. The second kappa shape index (κ2) is 6.27. The smallest absolute Gasteiger partial charge is 0.248 e. The number of rotatable bonds is 4. The lowest BCUT2D eigenvalue weighted by molar-refractivity contribution is 0.403. The highest BCUT2D eigenvalue weighted by Gasteiger charge is 2.26. The number of ether oxygens (including phenoxy) is 2. The Bertz CT molecular complexity index is 917. The maximum absolute atomic E-state index is 5.51. The Morgan fingerprint density at radius 2 is 1.80 bits per heavy atom. The van der Waals surface area contributed by atoms with Gasteiger partial charge in [-0.25, -0.2) is 0 Å². The third-order valence-electron chi connectivity index (χ3n) is 4.19. The van der Waals surface area contributed by atoms with Gasteiger partial charge in [0.25, 0.3) is 0 Å². The van der Waals surface area contributed by atoms with Crippen LogP contribution in [0.2, 0.25) is 0 Å². The lowest BCUT2D eigenvalue weighted by Gasteiger charge is -2.24. The minimum Gasteiger partial charge on any atom is -0.497 e. The monoisotopic (exact) mass is 335 g/mol. The fourth-order valence-corrected chi connectivity index (χ4v) is 2.93. The normalized spacial score (nSPS) is 15.8. The van der Waals surface area contributed by atoms with E-state index in [1.165, 1.54) is 0 Å². The molecule has 0 aliphatic carbocycles. The second-order valence-electron chi connectivity index (χ2n) is 5.57. The molecule has 1 atom stereocenters. The Hall–Kier alpha value is -3.35. The largest absolute Gasteiger partial charge is 0.497 e. The van der Waals surface area contributed by atoms with Gasteiger partial charge in [-0.2, -0.15) is 4.68 Å². The number of hydrogen-bond acceptors (Lipinski definition) is 6. The van der Waals surface area contributed by atoms with E-state index in [0.29, 0.717) is 5.95 Å². The van der Waals surface area contributed by atoms with Gasteiger partial charge in [0.2, 0.25) is 5.95 Å². The number of nitrogens with zero attached hydrogens (tertiary/aromatic N) is 4. The van der Waals surface area contributed by atoms with Gasteiger partial charge in [-0.3, -0.25) is 0 Å². The van der Waals surface area contributed by atoms with Crippen LogP contribution in [0.4, 0.5) is 5.95 Å². The second-order valence-corrected chi connectivity index (χ2v) is 5.57. The van der Waals surface area contributed by atoms with Crippen LogP contribution < -0.4 is 14.8 Å². The van der Waals surface area contributed by atoms with Crippen molar-refractivity contribution in [2.75, 3.05) is 19.5 Å². The van der Waals surface area contributed by atoms with Crippen molar-refractivity contribution in [1.29, 1.82) is 0 Å². The zero-order valence-electron chi connectivity index (χ0n) is 13.9. The van der Waals surface area contributed by atoms with Gasteiger partial charge in [-0.1, -0.05) is 23.3 Å². The summed E-state index contributed by atoms with van der Waals surface area (Å²) in [6.07, 6.45) is 2.09. The highest BCUT2D eigenvalue weighted by molar-refractivity contribution is 5.77. The number of nitrogens with one attached hydrogen (secondary N) is 1. The van der Waals surface area contributed by atoms with E-state index in [1.54, 1.807) is 18.9 Å². The van der Waals surface area contributed by atoms with Crippen molar-refractivity contribution in [3.05, 3.63) is 65.7 Å². The van der Waals surface area contributed by atoms with Crippen LogP contribution in [0.15, 0.2) is 54.6 Å². The van der Waals surface area contributed by atoms with E-state index in [1.807, 2.05) is 48.5 Å². The summed E-state index contributed by atoms with van der Waals surface area (Å²) in [5.74, 6) is 2.19. The molecule has 7 nitrogen and oxygen atoms in total. The van der Waals surface area contributed by atoms with Crippen LogP contribution >= 0.6 is 0 Å². The van der Waals surface area contributed by atoms with E-state index < -0.39 is 0 Å². The molecule has 2 aromatic carbocycles. The SMILES string of the molecule is COc1ccc(C2=C[C@H](c3ccccc3OC)n3nnnc3N2)cc1. The average molecular weight is 335 g/mol. The van der Waals surface area contributed by atoms with E-state index in [-0.39, 0.29) is 6.04 Å². The molecule has 3 aromatic rings. The van der Waals surface area contributed by atoms with Gasteiger partial charge >= 0.3 is 0 Å². The van der Waals surface area contributed by atoms with Crippen LogP contribution in [0.3, 0.4) is 0 Å². The number of allylic oxidation sites excluding steroid dienone is 1. The van der Waals surface area contributed by atoms with E-state index in [2.05, 4.69) is 26.9 Å². The summed E-state index contributed by atoms with van der Waals surface area (Å²) in [5, 5.41) is 15.3. The third kappa shape index (κ3) is 2.69. The Morgan fingerprint density at radius 3 is 2.56 bits per heavy atom. The molecule has 2 heterocycles. The van der Waals surface area contributed by atoms with Gasteiger partial charge in [0.15, 0.2) is 0 Å². The molecule has 1 aliphatic heterocycles. The average Bonchev–Trinajstić information content (AvgIpc) is 3.16. The predicted molar refractivity (Wildman–Crippen MR) is 93.5 cm³/mol. The van der Waals surface area contributed by atoms with E-state index in [0.717, 1.165) is 28.3 Å². The first-order valence-electron chi connectivity index (χ1n) is 7.84. The molecule has 126 valence electrons. The molecule has 0 unspecified atom stereocenters. The highest BCUT2D eigenvalue weighted by atomic mass is 16.5. The molecule has 1 N–H and O–H groups in total. The predicted octanol–water partition coefficient (Wildman–Crippen LogP) is 2.75. The number of aromatic nitrogens is 4. The number of anilines is 1. The zero-order chi connectivity index (χ0) is 17.2. The molecule has 0 saturated carbocycles. The van der Waals surface area contributed by atoms with Gasteiger partial charge in [0.1, 0.15) is 17.5 Å². The molecule has 0 saturated heterocycles. The van der Waals surface area contributed by atoms with Crippen molar-refractivity contribution in [3.8, 4) is 11.5 Å². The van der Waals surface area contributed by atoms with Crippen LogP contribution in [0, 0.1) is 0 Å². The molecule has 1 aromatic heterocycles. The van der Waals surface area contributed by atoms with Crippen LogP contribution in [0.1, 0.15) is 17.2 Å². The van der Waals surface area contributed by atoms with Crippen LogP contribution in [-0.2, 0) is 0 Å². The molecular weight excluding hydrogens is 318 g/mol. The Kier molecular flexibility index (Phi) is 3.81. The van der Waals surface area contributed by atoms with Crippen molar-refractivity contribution in [2.45, 2.75) is 6.04 Å². The third-order valence-corrected chi connectivity index (χ3v) is 4.19. The molecule has 0 fully saturated rings. The van der Waals surface area contributed by atoms with Crippen molar-refractivity contribution < 1.29 is 9.47 Å². The van der Waals surface area contributed by atoms with Gasteiger partial charge in [-0.15, -0.1) is 0 Å². The molecule has 4 rings (SSSR count). The summed E-state index contributed by atoms with van der Waals surface area (Å²) >= 11 is 0. The number of benzene rings is 2. The summed E-state index contributed by atoms with van der Waals surface area (Å²) in [7, 11) is 3.31. The molecule has 0 radical (unpaired) electrons. The fraction of sp³-hybridized carbons (Fsp3) is 0.167. The molecule has 0 bridgehead atoms. The summed E-state index contributed by atoms with van der Waals surface area (Å²) in [6.45, 7) is 0. The first kappa shape index (κ1) is 15.2. The molecule has 0 spiro atoms. The number of tetrazole rings is 1. The Morgan fingerprint density at radius 1 is 1.00 bits per heavy atom. The van der Waals surface area contributed by atoms with Gasteiger partial charge in [0.05, 0.1) is 14.2 Å². The van der Waals surface area contributed by atoms with Crippen molar-refractivity contribution in [3.63, 3.8) is 0 Å². The van der Waals surface area contributed by atoms with Crippen molar-refractivity contribution >= 4 is 11.6 Å². The minimum atomic E-state index is -0.167. The molecular formula is C18H17N5O2. The summed E-state index contributed by atoms with van der Waals surface area (Å²) in [5.41, 5.74) is 2.95. The number of fused-ring (bicyclic) bond motifs is 1. The first-order chi connectivity index (χ1) is 12.3. The Labute approximate surface area is 144 Å². The fourth-order valence-electron chi connectivity index (χ4n) is 2.93.